The Labute approximate surface area is 132 Å². The molecule has 1 aliphatic rings. The lowest BCUT2D eigenvalue weighted by atomic mass is 9.97. The van der Waals surface area contributed by atoms with Gasteiger partial charge in [0, 0.05) is 25.3 Å². The standard InChI is InChI=1S/C17H27N3O2/c1-3-15(18)11-13-5-6-16(19-12-13)20-9-7-14(8-10-20)17(21)22-4-2/h5-6,12,14-15H,3-4,7-11,18H2,1-2H3. The Morgan fingerprint density at radius 1 is 1.41 bits per heavy atom. The van der Waals surface area contributed by atoms with Gasteiger partial charge in [-0.3, -0.25) is 4.79 Å². The fourth-order valence-electron chi connectivity index (χ4n) is 2.78. The van der Waals surface area contributed by atoms with E-state index in [0.717, 1.165) is 44.6 Å². The van der Waals surface area contributed by atoms with Gasteiger partial charge in [0.05, 0.1) is 12.5 Å². The molecule has 1 aliphatic heterocycles. The SMILES string of the molecule is CCOC(=O)C1CCN(c2ccc(CC(N)CC)cn2)CC1. The van der Waals surface area contributed by atoms with Crippen molar-refractivity contribution in [2.75, 3.05) is 24.6 Å². The normalized spacial score (nSPS) is 17.3. The lowest BCUT2D eigenvalue weighted by molar-refractivity contribution is -0.148. The van der Waals surface area contributed by atoms with Gasteiger partial charge in [-0.05, 0) is 44.2 Å². The Hall–Kier alpha value is -1.62. The van der Waals surface area contributed by atoms with Gasteiger partial charge in [0.1, 0.15) is 5.82 Å². The van der Waals surface area contributed by atoms with Crippen molar-refractivity contribution in [3.63, 3.8) is 0 Å². The molecule has 22 heavy (non-hydrogen) atoms. The minimum Gasteiger partial charge on any atom is -0.466 e. The van der Waals surface area contributed by atoms with Crippen molar-refractivity contribution in [3.8, 4) is 0 Å². The van der Waals surface area contributed by atoms with Gasteiger partial charge in [-0.1, -0.05) is 13.0 Å². The quantitative estimate of drug-likeness (QED) is 0.816. The average molecular weight is 305 g/mol. The molecule has 5 heteroatoms. The molecule has 0 bridgehead atoms. The third-order valence-corrected chi connectivity index (χ3v) is 4.27. The van der Waals surface area contributed by atoms with Crippen molar-refractivity contribution < 1.29 is 9.53 Å². The predicted octanol–water partition coefficient (Wildman–Crippen LogP) is 2.14. The first kappa shape index (κ1) is 16.7. The Morgan fingerprint density at radius 3 is 2.68 bits per heavy atom. The number of anilines is 1. The maximum Gasteiger partial charge on any atom is 0.309 e. The number of esters is 1. The van der Waals surface area contributed by atoms with Crippen LogP contribution in [0.25, 0.3) is 0 Å². The second-order valence-corrected chi connectivity index (χ2v) is 5.91. The summed E-state index contributed by atoms with van der Waals surface area (Å²) in [5.41, 5.74) is 7.15. The Bertz CT molecular complexity index is 467. The van der Waals surface area contributed by atoms with Crippen molar-refractivity contribution in [2.24, 2.45) is 11.7 Å². The Balaban J connectivity index is 1.87. The van der Waals surface area contributed by atoms with Crippen molar-refractivity contribution in [3.05, 3.63) is 23.9 Å². The summed E-state index contributed by atoms with van der Waals surface area (Å²) in [5.74, 6) is 0.966. The van der Waals surface area contributed by atoms with E-state index in [1.807, 2.05) is 13.1 Å². The van der Waals surface area contributed by atoms with Crippen LogP contribution in [0.4, 0.5) is 5.82 Å². The lowest BCUT2D eigenvalue weighted by Gasteiger charge is -2.31. The van der Waals surface area contributed by atoms with Gasteiger partial charge in [-0.25, -0.2) is 4.98 Å². The molecule has 1 atom stereocenters. The van der Waals surface area contributed by atoms with E-state index >= 15 is 0 Å². The Morgan fingerprint density at radius 2 is 2.14 bits per heavy atom. The molecule has 0 amide bonds. The van der Waals surface area contributed by atoms with E-state index in [9.17, 15) is 4.79 Å². The van der Waals surface area contributed by atoms with Crippen LogP contribution in [0, 0.1) is 5.92 Å². The predicted molar refractivity (Wildman–Crippen MR) is 87.8 cm³/mol. The van der Waals surface area contributed by atoms with E-state index in [2.05, 4.69) is 28.9 Å². The van der Waals surface area contributed by atoms with Crippen LogP contribution in [0.5, 0.6) is 0 Å². The van der Waals surface area contributed by atoms with Crippen molar-refractivity contribution >= 4 is 11.8 Å². The number of hydrogen-bond acceptors (Lipinski definition) is 5. The highest BCUT2D eigenvalue weighted by atomic mass is 16.5. The summed E-state index contributed by atoms with van der Waals surface area (Å²) >= 11 is 0. The van der Waals surface area contributed by atoms with Gasteiger partial charge in [0.25, 0.3) is 0 Å². The van der Waals surface area contributed by atoms with Gasteiger partial charge in [0.2, 0.25) is 0 Å². The van der Waals surface area contributed by atoms with Gasteiger partial charge in [0.15, 0.2) is 0 Å². The van der Waals surface area contributed by atoms with Crippen LogP contribution in [0.2, 0.25) is 0 Å². The number of nitrogens with zero attached hydrogens (tertiary/aromatic N) is 2. The number of carbonyl (C=O) groups is 1. The number of pyridine rings is 1. The first-order chi connectivity index (χ1) is 10.6. The molecule has 2 N–H and O–H groups in total. The molecule has 1 unspecified atom stereocenters. The van der Waals surface area contributed by atoms with E-state index in [4.69, 9.17) is 10.5 Å². The summed E-state index contributed by atoms with van der Waals surface area (Å²) in [5, 5.41) is 0. The first-order valence-corrected chi connectivity index (χ1v) is 8.26. The number of piperidine rings is 1. The summed E-state index contributed by atoms with van der Waals surface area (Å²) in [6.45, 7) is 6.11. The molecule has 0 radical (unpaired) electrons. The fraction of sp³-hybridized carbons (Fsp3) is 0.647. The zero-order chi connectivity index (χ0) is 15.9. The number of hydrogen-bond donors (Lipinski definition) is 1. The number of nitrogens with two attached hydrogens (primary N) is 1. The van der Waals surface area contributed by atoms with Crippen LogP contribution >= 0.6 is 0 Å². The molecule has 0 saturated carbocycles. The van der Waals surface area contributed by atoms with Crippen LogP contribution in [0.15, 0.2) is 18.3 Å². The molecule has 1 saturated heterocycles. The van der Waals surface area contributed by atoms with E-state index in [0.29, 0.717) is 6.61 Å². The molecule has 2 heterocycles. The van der Waals surface area contributed by atoms with Gasteiger partial charge >= 0.3 is 5.97 Å². The third kappa shape index (κ3) is 4.44. The molecule has 1 aromatic rings. The van der Waals surface area contributed by atoms with Gasteiger partial charge in [-0.15, -0.1) is 0 Å². The fourth-order valence-corrected chi connectivity index (χ4v) is 2.78. The lowest BCUT2D eigenvalue weighted by Crippen LogP contribution is -2.37. The molecule has 0 aliphatic carbocycles. The highest BCUT2D eigenvalue weighted by Crippen LogP contribution is 2.23. The summed E-state index contributed by atoms with van der Waals surface area (Å²) in [6.07, 6.45) is 5.44. The molecule has 1 fully saturated rings. The first-order valence-electron chi connectivity index (χ1n) is 8.26. The van der Waals surface area contributed by atoms with Crippen molar-refractivity contribution in [1.29, 1.82) is 0 Å². The van der Waals surface area contributed by atoms with E-state index < -0.39 is 0 Å². The van der Waals surface area contributed by atoms with Crippen LogP contribution in [-0.4, -0.2) is 36.7 Å². The maximum absolute atomic E-state index is 11.7. The highest BCUT2D eigenvalue weighted by Gasteiger charge is 2.26. The van der Waals surface area contributed by atoms with E-state index in [1.165, 1.54) is 5.56 Å². The van der Waals surface area contributed by atoms with Gasteiger partial charge < -0.3 is 15.4 Å². The van der Waals surface area contributed by atoms with Crippen LogP contribution < -0.4 is 10.6 Å². The molecule has 0 spiro atoms. The maximum atomic E-state index is 11.7. The zero-order valence-electron chi connectivity index (χ0n) is 13.6. The number of aromatic nitrogens is 1. The van der Waals surface area contributed by atoms with Crippen molar-refractivity contribution in [1.82, 2.24) is 4.98 Å². The van der Waals surface area contributed by atoms with Crippen LogP contribution in [0.3, 0.4) is 0 Å². The minimum atomic E-state index is -0.0565. The van der Waals surface area contributed by atoms with Crippen LogP contribution in [0.1, 0.15) is 38.7 Å². The second-order valence-electron chi connectivity index (χ2n) is 5.91. The molecule has 1 aromatic heterocycles. The molecule has 0 aromatic carbocycles. The van der Waals surface area contributed by atoms with Gasteiger partial charge in [-0.2, -0.15) is 0 Å². The number of ether oxygens (including phenoxy) is 1. The average Bonchev–Trinajstić information content (AvgIpc) is 2.56. The Kier molecular flexibility index (Phi) is 6.19. The highest BCUT2D eigenvalue weighted by molar-refractivity contribution is 5.72. The minimum absolute atomic E-state index is 0.0398. The van der Waals surface area contributed by atoms with E-state index in [-0.39, 0.29) is 17.9 Å². The number of carbonyl (C=O) groups excluding carboxylic acids is 1. The monoisotopic (exact) mass is 305 g/mol. The molecule has 122 valence electrons. The largest absolute Gasteiger partial charge is 0.466 e. The topological polar surface area (TPSA) is 68.5 Å². The smallest absolute Gasteiger partial charge is 0.309 e. The molecule has 2 rings (SSSR count). The zero-order valence-corrected chi connectivity index (χ0v) is 13.6. The number of rotatable bonds is 6. The summed E-state index contributed by atoms with van der Waals surface area (Å²) in [4.78, 5) is 18.5. The molecule has 5 nitrogen and oxygen atoms in total. The summed E-state index contributed by atoms with van der Waals surface area (Å²) < 4.78 is 5.10. The molecular weight excluding hydrogens is 278 g/mol. The van der Waals surface area contributed by atoms with Crippen LogP contribution in [-0.2, 0) is 16.0 Å². The summed E-state index contributed by atoms with van der Waals surface area (Å²) in [6, 6.07) is 4.37. The second kappa shape index (κ2) is 8.13. The molecular formula is C17H27N3O2. The summed E-state index contributed by atoms with van der Waals surface area (Å²) in [7, 11) is 0. The third-order valence-electron chi connectivity index (χ3n) is 4.27. The van der Waals surface area contributed by atoms with E-state index in [1.54, 1.807) is 0 Å². The van der Waals surface area contributed by atoms with Crippen molar-refractivity contribution in [2.45, 2.75) is 45.6 Å².